The summed E-state index contributed by atoms with van der Waals surface area (Å²) in [5.41, 5.74) is 1.18. The molecule has 0 saturated carbocycles. The molecule has 1 aliphatic heterocycles. The average Bonchev–Trinajstić information content (AvgIpc) is 2.65. The molecule has 1 aliphatic rings. The molecule has 1 heterocycles. The van der Waals surface area contributed by atoms with Crippen LogP contribution in [0.25, 0.3) is 0 Å². The lowest BCUT2D eigenvalue weighted by molar-refractivity contribution is 0.00578. The minimum atomic E-state index is -0.469. The van der Waals surface area contributed by atoms with E-state index in [4.69, 9.17) is 9.31 Å². The van der Waals surface area contributed by atoms with Gasteiger partial charge >= 0.3 is 7.12 Å². The van der Waals surface area contributed by atoms with Crippen molar-refractivity contribution in [1.82, 2.24) is 4.90 Å². The van der Waals surface area contributed by atoms with E-state index < -0.39 is 18.3 Å². The molecular weight excluding hydrogens is 277 g/mol. The van der Waals surface area contributed by atoms with Crippen molar-refractivity contribution >= 4 is 24.6 Å². The minimum Gasteiger partial charge on any atom is -0.399 e. The fourth-order valence-corrected chi connectivity index (χ4v) is 2.06. The Morgan fingerprint density at radius 1 is 1.18 bits per heavy atom. The molecular formula is C16H22BN3O2. The molecule has 0 N–H and O–H groups in total. The van der Waals surface area contributed by atoms with Crippen LogP contribution in [0.15, 0.2) is 23.2 Å². The number of hydrogen-bond acceptors (Lipinski definition) is 4. The highest BCUT2D eigenvalue weighted by Crippen LogP contribution is 2.36. The Hall–Kier alpha value is -1.84. The molecule has 0 spiro atoms. The van der Waals surface area contributed by atoms with Crippen LogP contribution in [0.5, 0.6) is 0 Å². The summed E-state index contributed by atoms with van der Waals surface area (Å²) in [7, 11) is 3.30. The van der Waals surface area contributed by atoms with E-state index in [1.165, 1.54) is 0 Å². The summed E-state index contributed by atoms with van der Waals surface area (Å²) in [4.78, 5) is 6.12. The van der Waals surface area contributed by atoms with Gasteiger partial charge in [0.2, 0.25) is 0 Å². The third-order valence-corrected chi connectivity index (χ3v) is 4.09. The van der Waals surface area contributed by atoms with E-state index in [0.29, 0.717) is 11.3 Å². The SMILES string of the molecule is CN(C)/C=N\c1ccc(B2OC(C)(C)C(C)(C)O2)cc1C#N. The lowest BCUT2D eigenvalue weighted by Gasteiger charge is -2.32. The third kappa shape index (κ3) is 3.16. The predicted molar refractivity (Wildman–Crippen MR) is 88.7 cm³/mol. The van der Waals surface area contributed by atoms with Crippen LogP contribution < -0.4 is 5.46 Å². The largest absolute Gasteiger partial charge is 0.494 e. The van der Waals surface area contributed by atoms with E-state index >= 15 is 0 Å². The molecule has 0 radical (unpaired) electrons. The van der Waals surface area contributed by atoms with Gasteiger partial charge in [-0.25, -0.2) is 4.99 Å². The molecule has 22 heavy (non-hydrogen) atoms. The number of nitrogens with zero attached hydrogens (tertiary/aromatic N) is 3. The highest BCUT2D eigenvalue weighted by molar-refractivity contribution is 6.62. The van der Waals surface area contributed by atoms with Crippen LogP contribution in [0, 0.1) is 11.3 Å². The number of benzene rings is 1. The molecule has 0 amide bonds. The molecule has 0 bridgehead atoms. The Morgan fingerprint density at radius 3 is 2.27 bits per heavy atom. The summed E-state index contributed by atoms with van der Waals surface area (Å²) in [5.74, 6) is 0. The van der Waals surface area contributed by atoms with Crippen molar-refractivity contribution in [1.29, 1.82) is 5.26 Å². The van der Waals surface area contributed by atoms with Crippen LogP contribution in [0.2, 0.25) is 0 Å². The van der Waals surface area contributed by atoms with Gasteiger partial charge < -0.3 is 14.2 Å². The Kier molecular flexibility index (Phi) is 4.32. The normalized spacial score (nSPS) is 19.4. The monoisotopic (exact) mass is 299 g/mol. The van der Waals surface area contributed by atoms with Gasteiger partial charge in [0.15, 0.2) is 0 Å². The summed E-state index contributed by atoms with van der Waals surface area (Å²) >= 11 is 0. The number of nitriles is 1. The molecule has 2 rings (SSSR count). The van der Waals surface area contributed by atoms with Crippen LogP contribution in [-0.2, 0) is 9.31 Å². The zero-order valence-electron chi connectivity index (χ0n) is 14.0. The average molecular weight is 299 g/mol. The molecule has 116 valence electrons. The Bertz CT molecular complexity index is 617. The Balaban J connectivity index is 2.30. The van der Waals surface area contributed by atoms with Crippen molar-refractivity contribution in [2.45, 2.75) is 38.9 Å². The predicted octanol–water partition coefficient (Wildman–Crippen LogP) is 2.08. The highest BCUT2D eigenvalue weighted by Gasteiger charge is 2.51. The van der Waals surface area contributed by atoms with Gasteiger partial charge in [-0.3, -0.25) is 0 Å². The van der Waals surface area contributed by atoms with E-state index in [2.05, 4.69) is 11.1 Å². The van der Waals surface area contributed by atoms with Gasteiger partial charge in [0, 0.05) is 14.1 Å². The van der Waals surface area contributed by atoms with Crippen LogP contribution in [0.1, 0.15) is 33.3 Å². The van der Waals surface area contributed by atoms with E-state index in [1.807, 2.05) is 58.8 Å². The molecule has 1 aromatic rings. The van der Waals surface area contributed by atoms with Crippen molar-refractivity contribution in [3.63, 3.8) is 0 Å². The van der Waals surface area contributed by atoms with Gasteiger partial charge in [-0.2, -0.15) is 5.26 Å². The van der Waals surface area contributed by atoms with Crippen LogP contribution in [-0.4, -0.2) is 43.7 Å². The maximum Gasteiger partial charge on any atom is 0.494 e. The van der Waals surface area contributed by atoms with Crippen LogP contribution >= 0.6 is 0 Å². The maximum absolute atomic E-state index is 9.34. The summed E-state index contributed by atoms with van der Waals surface area (Å²) in [5, 5.41) is 9.34. The second-order valence-electron chi connectivity index (χ2n) is 6.68. The van der Waals surface area contributed by atoms with Gasteiger partial charge in [-0.1, -0.05) is 6.07 Å². The van der Waals surface area contributed by atoms with Gasteiger partial charge in [0.05, 0.1) is 28.8 Å². The first-order valence-corrected chi connectivity index (χ1v) is 7.26. The first-order valence-electron chi connectivity index (χ1n) is 7.26. The molecule has 6 heteroatoms. The lowest BCUT2D eigenvalue weighted by Crippen LogP contribution is -2.41. The summed E-state index contributed by atoms with van der Waals surface area (Å²) in [6.07, 6.45) is 1.67. The topological polar surface area (TPSA) is 57.9 Å². The van der Waals surface area contributed by atoms with Gasteiger partial charge in [-0.05, 0) is 45.3 Å². The van der Waals surface area contributed by atoms with Crippen molar-refractivity contribution in [2.24, 2.45) is 4.99 Å². The molecule has 0 aliphatic carbocycles. The first-order chi connectivity index (χ1) is 10.2. The van der Waals surface area contributed by atoms with Crippen LogP contribution in [0.4, 0.5) is 5.69 Å². The maximum atomic E-state index is 9.34. The van der Waals surface area contributed by atoms with Crippen molar-refractivity contribution in [3.05, 3.63) is 23.8 Å². The first kappa shape index (κ1) is 16.5. The number of aliphatic imine (C=N–C) groups is 1. The third-order valence-electron chi connectivity index (χ3n) is 4.09. The van der Waals surface area contributed by atoms with Gasteiger partial charge in [-0.15, -0.1) is 0 Å². The number of rotatable bonds is 3. The summed E-state index contributed by atoms with van der Waals surface area (Å²) in [6, 6.07) is 7.68. The molecule has 1 fully saturated rings. The molecule has 0 atom stereocenters. The Morgan fingerprint density at radius 2 is 1.77 bits per heavy atom. The molecule has 1 aromatic carbocycles. The van der Waals surface area contributed by atoms with E-state index in [-0.39, 0.29) is 0 Å². The van der Waals surface area contributed by atoms with E-state index in [9.17, 15) is 5.26 Å². The molecule has 5 nitrogen and oxygen atoms in total. The van der Waals surface area contributed by atoms with Crippen molar-refractivity contribution < 1.29 is 9.31 Å². The second-order valence-corrected chi connectivity index (χ2v) is 6.68. The van der Waals surface area contributed by atoms with Crippen molar-refractivity contribution in [2.75, 3.05) is 14.1 Å². The molecule has 0 unspecified atom stereocenters. The zero-order valence-corrected chi connectivity index (χ0v) is 14.0. The summed E-state index contributed by atoms with van der Waals surface area (Å²) in [6.45, 7) is 8.03. The van der Waals surface area contributed by atoms with E-state index in [1.54, 1.807) is 12.4 Å². The zero-order chi connectivity index (χ0) is 16.5. The fraction of sp³-hybridized carbons (Fsp3) is 0.500. The second kappa shape index (κ2) is 5.75. The highest BCUT2D eigenvalue weighted by atomic mass is 16.7. The fourth-order valence-electron chi connectivity index (χ4n) is 2.06. The van der Waals surface area contributed by atoms with E-state index in [0.717, 1.165) is 5.46 Å². The molecule has 1 saturated heterocycles. The molecule has 0 aromatic heterocycles. The lowest BCUT2D eigenvalue weighted by atomic mass is 9.78. The Labute approximate surface area is 132 Å². The van der Waals surface area contributed by atoms with Crippen molar-refractivity contribution in [3.8, 4) is 6.07 Å². The number of hydrogen-bond donors (Lipinski definition) is 0. The van der Waals surface area contributed by atoms with Gasteiger partial charge in [0.25, 0.3) is 0 Å². The summed E-state index contributed by atoms with van der Waals surface area (Å²) < 4.78 is 12.0. The quantitative estimate of drug-likeness (QED) is 0.487. The van der Waals surface area contributed by atoms with Gasteiger partial charge in [0.1, 0.15) is 6.07 Å². The smallest absolute Gasteiger partial charge is 0.399 e. The standard InChI is InChI=1S/C16H22BN3O2/c1-15(2)16(3,4)22-17(21-15)13-7-8-14(12(9-13)10-18)19-11-20(5)6/h7-9,11H,1-6H3/b19-11-. The van der Waals surface area contributed by atoms with Crippen LogP contribution in [0.3, 0.4) is 0 Å². The minimum absolute atomic E-state index is 0.397.